The van der Waals surface area contributed by atoms with Crippen molar-refractivity contribution >= 4 is 5.69 Å². The zero-order valence-corrected chi connectivity index (χ0v) is 12.2. The molecule has 0 bridgehead atoms. The molecule has 0 unspecified atom stereocenters. The van der Waals surface area contributed by atoms with Gasteiger partial charge in [-0.1, -0.05) is 6.07 Å². The lowest BCUT2D eigenvalue weighted by Gasteiger charge is -2.09. The summed E-state index contributed by atoms with van der Waals surface area (Å²) >= 11 is 0. The SMILES string of the molecule is COCCOCCOCCNc1cc(C)cc(C)c1. The summed E-state index contributed by atoms with van der Waals surface area (Å²) in [5.41, 5.74) is 3.70. The van der Waals surface area contributed by atoms with Gasteiger partial charge in [0.1, 0.15) is 0 Å². The molecule has 1 aromatic rings. The molecule has 0 saturated carbocycles. The van der Waals surface area contributed by atoms with Crippen LogP contribution in [0.5, 0.6) is 0 Å². The monoisotopic (exact) mass is 267 g/mol. The van der Waals surface area contributed by atoms with Crippen LogP contribution >= 0.6 is 0 Å². The van der Waals surface area contributed by atoms with Crippen LogP contribution in [0.4, 0.5) is 5.69 Å². The Hall–Kier alpha value is -1.10. The molecular weight excluding hydrogens is 242 g/mol. The van der Waals surface area contributed by atoms with Gasteiger partial charge in [0.2, 0.25) is 0 Å². The summed E-state index contributed by atoms with van der Waals surface area (Å²) in [5, 5.41) is 3.35. The second kappa shape index (κ2) is 9.78. The van der Waals surface area contributed by atoms with Crippen LogP contribution in [0.3, 0.4) is 0 Å². The smallest absolute Gasteiger partial charge is 0.0701 e. The number of rotatable bonds is 10. The third kappa shape index (κ3) is 7.82. The van der Waals surface area contributed by atoms with Gasteiger partial charge in [-0.2, -0.15) is 0 Å². The minimum atomic E-state index is 0.618. The maximum absolute atomic E-state index is 5.47. The van der Waals surface area contributed by atoms with E-state index in [1.807, 2.05) is 0 Å². The Kier molecular flexibility index (Phi) is 8.21. The molecule has 0 saturated heterocycles. The molecule has 0 aliphatic heterocycles. The quantitative estimate of drug-likeness (QED) is 0.661. The summed E-state index contributed by atoms with van der Waals surface area (Å²) in [6.07, 6.45) is 0. The van der Waals surface area contributed by atoms with Crippen LogP contribution in [0, 0.1) is 13.8 Å². The number of ether oxygens (including phenoxy) is 3. The van der Waals surface area contributed by atoms with Crippen molar-refractivity contribution in [3.63, 3.8) is 0 Å². The van der Waals surface area contributed by atoms with Crippen molar-refractivity contribution in [2.75, 3.05) is 52.0 Å². The lowest BCUT2D eigenvalue weighted by atomic mass is 10.1. The number of anilines is 1. The van der Waals surface area contributed by atoms with E-state index in [-0.39, 0.29) is 0 Å². The molecule has 0 spiro atoms. The first-order valence-corrected chi connectivity index (χ1v) is 6.69. The molecule has 19 heavy (non-hydrogen) atoms. The number of nitrogens with one attached hydrogen (secondary N) is 1. The minimum Gasteiger partial charge on any atom is -0.383 e. The van der Waals surface area contributed by atoms with Gasteiger partial charge < -0.3 is 19.5 Å². The van der Waals surface area contributed by atoms with E-state index in [4.69, 9.17) is 14.2 Å². The number of hydrogen-bond donors (Lipinski definition) is 1. The average molecular weight is 267 g/mol. The lowest BCUT2D eigenvalue weighted by Crippen LogP contribution is -2.13. The molecule has 0 aromatic heterocycles. The van der Waals surface area contributed by atoms with Crippen molar-refractivity contribution in [3.8, 4) is 0 Å². The van der Waals surface area contributed by atoms with Crippen LogP contribution in [0.15, 0.2) is 18.2 Å². The molecule has 4 nitrogen and oxygen atoms in total. The van der Waals surface area contributed by atoms with Crippen LogP contribution < -0.4 is 5.32 Å². The molecule has 108 valence electrons. The molecule has 0 amide bonds. The summed E-state index contributed by atoms with van der Waals surface area (Å²) in [7, 11) is 1.67. The largest absolute Gasteiger partial charge is 0.383 e. The van der Waals surface area contributed by atoms with Crippen molar-refractivity contribution in [2.24, 2.45) is 0 Å². The van der Waals surface area contributed by atoms with E-state index in [1.165, 1.54) is 11.1 Å². The molecule has 0 fully saturated rings. The average Bonchev–Trinajstić information content (AvgIpc) is 2.36. The maximum Gasteiger partial charge on any atom is 0.0701 e. The van der Waals surface area contributed by atoms with Gasteiger partial charge in [0.05, 0.1) is 33.0 Å². The Morgan fingerprint density at radius 2 is 1.42 bits per heavy atom. The van der Waals surface area contributed by atoms with Gasteiger partial charge in [-0.3, -0.25) is 0 Å². The highest BCUT2D eigenvalue weighted by Gasteiger charge is 1.95. The van der Waals surface area contributed by atoms with E-state index in [1.54, 1.807) is 7.11 Å². The van der Waals surface area contributed by atoms with Gasteiger partial charge >= 0.3 is 0 Å². The summed E-state index contributed by atoms with van der Waals surface area (Å²) in [4.78, 5) is 0. The third-order valence-corrected chi connectivity index (χ3v) is 2.60. The van der Waals surface area contributed by atoms with E-state index < -0.39 is 0 Å². The fraction of sp³-hybridized carbons (Fsp3) is 0.600. The predicted octanol–water partition coefficient (Wildman–Crippen LogP) is 2.39. The topological polar surface area (TPSA) is 39.7 Å². The maximum atomic E-state index is 5.47. The van der Waals surface area contributed by atoms with Crippen LogP contribution in [0.2, 0.25) is 0 Å². The molecule has 0 atom stereocenters. The standard InChI is InChI=1S/C15H25NO3/c1-13-10-14(2)12-15(11-13)16-4-5-18-8-9-19-7-6-17-3/h10-12,16H,4-9H2,1-3H3. The second-order valence-corrected chi connectivity index (χ2v) is 4.52. The second-order valence-electron chi connectivity index (χ2n) is 4.52. The molecule has 0 heterocycles. The third-order valence-electron chi connectivity index (χ3n) is 2.60. The Balaban J connectivity index is 2.01. The number of hydrogen-bond acceptors (Lipinski definition) is 4. The molecule has 0 aliphatic rings. The first-order valence-electron chi connectivity index (χ1n) is 6.69. The lowest BCUT2D eigenvalue weighted by molar-refractivity contribution is 0.0272. The van der Waals surface area contributed by atoms with Crippen LogP contribution in [0.25, 0.3) is 0 Å². The van der Waals surface area contributed by atoms with Crippen molar-refractivity contribution in [1.29, 1.82) is 0 Å². The zero-order valence-electron chi connectivity index (χ0n) is 12.2. The first kappa shape index (κ1) is 16.0. The number of benzene rings is 1. The van der Waals surface area contributed by atoms with E-state index in [9.17, 15) is 0 Å². The van der Waals surface area contributed by atoms with E-state index in [0.717, 1.165) is 12.2 Å². The van der Waals surface area contributed by atoms with Gasteiger partial charge in [0.15, 0.2) is 0 Å². The molecular formula is C15H25NO3. The van der Waals surface area contributed by atoms with Crippen LogP contribution in [0.1, 0.15) is 11.1 Å². The van der Waals surface area contributed by atoms with E-state index in [0.29, 0.717) is 33.0 Å². The summed E-state index contributed by atoms with van der Waals surface area (Å²) < 4.78 is 15.6. The normalized spacial score (nSPS) is 10.7. The van der Waals surface area contributed by atoms with Crippen molar-refractivity contribution in [1.82, 2.24) is 0 Å². The molecule has 4 heteroatoms. The van der Waals surface area contributed by atoms with Crippen LogP contribution in [-0.4, -0.2) is 46.7 Å². The number of aryl methyl sites for hydroxylation is 2. The summed E-state index contributed by atoms with van der Waals surface area (Å²) in [6, 6.07) is 6.45. The van der Waals surface area contributed by atoms with Crippen LogP contribution in [-0.2, 0) is 14.2 Å². The first-order chi connectivity index (χ1) is 9.22. The highest BCUT2D eigenvalue weighted by molar-refractivity contribution is 5.48. The predicted molar refractivity (Wildman–Crippen MR) is 77.9 cm³/mol. The highest BCUT2D eigenvalue weighted by Crippen LogP contribution is 2.13. The van der Waals surface area contributed by atoms with Crippen molar-refractivity contribution in [3.05, 3.63) is 29.3 Å². The highest BCUT2D eigenvalue weighted by atomic mass is 16.5. The summed E-state index contributed by atoms with van der Waals surface area (Å²) in [5.74, 6) is 0. The van der Waals surface area contributed by atoms with Gasteiger partial charge in [-0.25, -0.2) is 0 Å². The molecule has 1 N–H and O–H groups in total. The van der Waals surface area contributed by atoms with Gasteiger partial charge in [-0.15, -0.1) is 0 Å². The van der Waals surface area contributed by atoms with E-state index >= 15 is 0 Å². The van der Waals surface area contributed by atoms with Crippen molar-refractivity contribution < 1.29 is 14.2 Å². The Bertz CT molecular complexity index is 335. The number of methoxy groups -OCH3 is 1. The molecule has 1 aromatic carbocycles. The molecule has 0 radical (unpaired) electrons. The van der Waals surface area contributed by atoms with Gasteiger partial charge in [0.25, 0.3) is 0 Å². The van der Waals surface area contributed by atoms with Gasteiger partial charge in [-0.05, 0) is 37.1 Å². The van der Waals surface area contributed by atoms with Gasteiger partial charge in [0, 0.05) is 19.3 Å². The fourth-order valence-electron chi connectivity index (χ4n) is 1.81. The summed E-state index contributed by atoms with van der Waals surface area (Å²) in [6.45, 7) is 8.19. The van der Waals surface area contributed by atoms with E-state index in [2.05, 4.69) is 37.4 Å². The van der Waals surface area contributed by atoms with Crippen molar-refractivity contribution in [2.45, 2.75) is 13.8 Å². The Morgan fingerprint density at radius 1 is 0.842 bits per heavy atom. The zero-order chi connectivity index (χ0) is 13.9. The Labute approximate surface area is 116 Å². The molecule has 1 rings (SSSR count). The fourth-order valence-corrected chi connectivity index (χ4v) is 1.81. The molecule has 0 aliphatic carbocycles. The minimum absolute atomic E-state index is 0.618. The Morgan fingerprint density at radius 3 is 2.05 bits per heavy atom.